The number of halogens is 3. The van der Waals surface area contributed by atoms with Crippen LogP contribution in [0.15, 0.2) is 78.9 Å². The van der Waals surface area contributed by atoms with Crippen molar-refractivity contribution in [2.24, 2.45) is 0 Å². The Morgan fingerprint density at radius 2 is 1.38 bits per heavy atom. The molecule has 4 nitrogen and oxygen atoms in total. The van der Waals surface area contributed by atoms with Crippen LogP contribution in [0.3, 0.4) is 0 Å². The zero-order valence-corrected chi connectivity index (χ0v) is 19.4. The van der Waals surface area contributed by atoms with Crippen molar-refractivity contribution in [3.63, 3.8) is 0 Å². The van der Waals surface area contributed by atoms with Crippen LogP contribution in [0.1, 0.15) is 0 Å². The molecule has 1 aliphatic rings. The number of benzene rings is 3. The molecule has 0 aliphatic carbocycles. The van der Waals surface area contributed by atoms with Crippen LogP contribution >= 0.6 is 24.8 Å². The van der Waals surface area contributed by atoms with Crippen LogP contribution in [0.25, 0.3) is 11.1 Å². The molecule has 1 fully saturated rings. The molecule has 1 N–H and O–H groups in total. The van der Waals surface area contributed by atoms with Gasteiger partial charge in [0.05, 0.1) is 0 Å². The van der Waals surface area contributed by atoms with Gasteiger partial charge in [0.15, 0.2) is 0 Å². The molecule has 0 amide bonds. The number of nitrogens with zero attached hydrogens (tertiary/aromatic N) is 2. The summed E-state index contributed by atoms with van der Waals surface area (Å²) in [6, 6.07) is 24.8. The van der Waals surface area contributed by atoms with Crippen LogP contribution in [0.5, 0.6) is 5.75 Å². The third kappa shape index (κ3) is 7.10. The number of aliphatic hydroxyl groups is 1. The predicted octanol–water partition coefficient (Wildman–Crippen LogP) is 4.90. The fraction of sp³-hybridized carbons (Fsp3) is 0.280. The molecule has 1 heterocycles. The molecular formula is C25H29Cl2FN2O2. The summed E-state index contributed by atoms with van der Waals surface area (Å²) < 4.78 is 18.9. The first kappa shape index (κ1) is 25.9. The first-order valence-corrected chi connectivity index (χ1v) is 10.4. The second-order valence-corrected chi connectivity index (χ2v) is 7.62. The Kier molecular flexibility index (Phi) is 10.3. The van der Waals surface area contributed by atoms with Crippen LogP contribution in [0.2, 0.25) is 0 Å². The van der Waals surface area contributed by atoms with Crippen LogP contribution in [-0.4, -0.2) is 55.4 Å². The molecule has 0 bridgehead atoms. The molecule has 1 atom stereocenters. The van der Waals surface area contributed by atoms with Gasteiger partial charge in [-0.15, -0.1) is 24.8 Å². The van der Waals surface area contributed by atoms with Crippen LogP contribution in [0, 0.1) is 5.82 Å². The van der Waals surface area contributed by atoms with E-state index in [1.165, 1.54) is 17.7 Å². The molecule has 1 aliphatic heterocycles. The summed E-state index contributed by atoms with van der Waals surface area (Å²) in [5, 5.41) is 10.4. The van der Waals surface area contributed by atoms with Crippen LogP contribution in [-0.2, 0) is 0 Å². The van der Waals surface area contributed by atoms with E-state index in [-0.39, 0.29) is 37.2 Å². The van der Waals surface area contributed by atoms with Gasteiger partial charge in [0.2, 0.25) is 0 Å². The van der Waals surface area contributed by atoms with E-state index in [4.69, 9.17) is 4.74 Å². The first-order chi connectivity index (χ1) is 14.7. The lowest BCUT2D eigenvalue weighted by Gasteiger charge is -2.36. The van der Waals surface area contributed by atoms with Crippen molar-refractivity contribution in [3.8, 4) is 16.9 Å². The summed E-state index contributed by atoms with van der Waals surface area (Å²) in [5.74, 6) is 0.546. The molecule has 0 spiro atoms. The van der Waals surface area contributed by atoms with Crippen LogP contribution in [0.4, 0.5) is 10.1 Å². The van der Waals surface area contributed by atoms with E-state index < -0.39 is 6.10 Å². The van der Waals surface area contributed by atoms with E-state index in [2.05, 4.69) is 21.9 Å². The molecule has 3 aromatic rings. The Morgan fingerprint density at radius 1 is 0.781 bits per heavy atom. The van der Waals surface area contributed by atoms with Gasteiger partial charge in [-0.2, -0.15) is 0 Å². The summed E-state index contributed by atoms with van der Waals surface area (Å²) in [4.78, 5) is 4.49. The zero-order chi connectivity index (χ0) is 20.8. The smallest absolute Gasteiger partial charge is 0.123 e. The van der Waals surface area contributed by atoms with Crippen molar-refractivity contribution in [1.82, 2.24) is 4.90 Å². The van der Waals surface area contributed by atoms with Gasteiger partial charge in [0.25, 0.3) is 0 Å². The minimum Gasteiger partial charge on any atom is -0.491 e. The number of aliphatic hydroxyl groups excluding tert-OH is 1. The second kappa shape index (κ2) is 12.7. The summed E-state index contributed by atoms with van der Waals surface area (Å²) >= 11 is 0. The molecule has 0 aromatic heterocycles. The molecule has 4 rings (SSSR count). The van der Waals surface area contributed by atoms with Gasteiger partial charge < -0.3 is 14.7 Å². The second-order valence-electron chi connectivity index (χ2n) is 7.62. The van der Waals surface area contributed by atoms with E-state index in [0.717, 1.165) is 43.2 Å². The van der Waals surface area contributed by atoms with Gasteiger partial charge in [-0.05, 0) is 47.5 Å². The van der Waals surface area contributed by atoms with Crippen molar-refractivity contribution in [3.05, 3.63) is 84.7 Å². The average Bonchev–Trinajstić information content (AvgIpc) is 2.80. The minimum atomic E-state index is -0.545. The summed E-state index contributed by atoms with van der Waals surface area (Å²) in [7, 11) is 0. The molecular weight excluding hydrogens is 450 g/mol. The first-order valence-electron chi connectivity index (χ1n) is 10.4. The van der Waals surface area contributed by atoms with Crippen molar-refractivity contribution in [2.45, 2.75) is 6.10 Å². The van der Waals surface area contributed by atoms with Crippen molar-refractivity contribution < 1.29 is 14.2 Å². The van der Waals surface area contributed by atoms with Gasteiger partial charge in [0, 0.05) is 38.4 Å². The largest absolute Gasteiger partial charge is 0.491 e. The highest BCUT2D eigenvalue weighted by Crippen LogP contribution is 2.22. The van der Waals surface area contributed by atoms with Crippen molar-refractivity contribution >= 4 is 30.5 Å². The fourth-order valence-corrected chi connectivity index (χ4v) is 3.76. The monoisotopic (exact) mass is 478 g/mol. The molecule has 172 valence electrons. The van der Waals surface area contributed by atoms with Gasteiger partial charge in [-0.1, -0.05) is 42.5 Å². The molecule has 0 saturated carbocycles. The molecule has 32 heavy (non-hydrogen) atoms. The topological polar surface area (TPSA) is 35.9 Å². The summed E-state index contributed by atoms with van der Waals surface area (Å²) in [5.41, 5.74) is 3.35. The van der Waals surface area contributed by atoms with Gasteiger partial charge in [-0.3, -0.25) is 4.90 Å². The van der Waals surface area contributed by atoms with E-state index >= 15 is 0 Å². The van der Waals surface area contributed by atoms with E-state index in [0.29, 0.717) is 6.54 Å². The van der Waals surface area contributed by atoms with Crippen molar-refractivity contribution in [1.29, 1.82) is 0 Å². The maximum absolute atomic E-state index is 13.1. The van der Waals surface area contributed by atoms with E-state index in [1.807, 2.05) is 54.6 Å². The third-order valence-electron chi connectivity index (χ3n) is 5.44. The molecule has 3 aromatic carbocycles. The normalized spacial score (nSPS) is 14.8. The summed E-state index contributed by atoms with van der Waals surface area (Å²) in [6.07, 6.45) is -0.545. The molecule has 1 saturated heterocycles. The highest BCUT2D eigenvalue weighted by Gasteiger charge is 2.19. The quantitative estimate of drug-likeness (QED) is 0.523. The third-order valence-corrected chi connectivity index (χ3v) is 5.44. The Morgan fingerprint density at radius 3 is 2.00 bits per heavy atom. The van der Waals surface area contributed by atoms with Gasteiger partial charge in [-0.25, -0.2) is 4.39 Å². The molecule has 7 heteroatoms. The van der Waals surface area contributed by atoms with E-state index in [9.17, 15) is 9.50 Å². The molecule has 0 radical (unpaired) electrons. The van der Waals surface area contributed by atoms with Gasteiger partial charge >= 0.3 is 0 Å². The Hall–Kier alpha value is -2.31. The lowest BCUT2D eigenvalue weighted by atomic mass is 10.1. The highest BCUT2D eigenvalue weighted by atomic mass is 35.5. The van der Waals surface area contributed by atoms with Crippen molar-refractivity contribution in [2.75, 3.05) is 44.2 Å². The lowest BCUT2D eigenvalue weighted by molar-refractivity contribution is 0.0663. The minimum absolute atomic E-state index is 0. The number of hydrogen-bond acceptors (Lipinski definition) is 4. The number of rotatable bonds is 7. The SMILES string of the molecule is Cl.Cl.OC(COc1ccc(-c2ccccc2)cc1)CN1CCN(c2ccc(F)cc2)CC1. The number of anilines is 1. The zero-order valence-electron chi connectivity index (χ0n) is 17.8. The average molecular weight is 479 g/mol. The standard InChI is InChI=1S/C25H27FN2O2.2ClH/c26-22-8-10-23(11-9-22)28-16-14-27(15-17-28)18-24(29)19-30-25-12-6-21(7-13-25)20-4-2-1-3-5-20;;/h1-13,24,29H,14-19H2;2*1H. The number of β-amino-alcohol motifs (C(OH)–C–C–N with tert-alkyl or cyclic N) is 1. The Bertz CT molecular complexity index is 919. The summed E-state index contributed by atoms with van der Waals surface area (Å²) in [6.45, 7) is 4.29. The maximum Gasteiger partial charge on any atom is 0.123 e. The van der Waals surface area contributed by atoms with E-state index in [1.54, 1.807) is 0 Å². The fourth-order valence-electron chi connectivity index (χ4n) is 3.76. The number of ether oxygens (including phenoxy) is 1. The Labute approximate surface area is 201 Å². The Balaban J connectivity index is 0.00000181. The highest BCUT2D eigenvalue weighted by molar-refractivity contribution is 5.85. The maximum atomic E-state index is 13.1. The van der Waals surface area contributed by atoms with Crippen LogP contribution < -0.4 is 9.64 Å². The number of piperazine rings is 1. The molecule has 1 unspecified atom stereocenters. The van der Waals surface area contributed by atoms with Gasteiger partial charge in [0.1, 0.15) is 24.3 Å². The predicted molar refractivity (Wildman–Crippen MR) is 133 cm³/mol. The number of hydrogen-bond donors (Lipinski definition) is 1. The lowest BCUT2D eigenvalue weighted by Crippen LogP contribution is -2.49.